The van der Waals surface area contributed by atoms with Crippen LogP contribution in [-0.2, 0) is 9.53 Å². The normalized spacial score (nSPS) is 14.1. The Morgan fingerprint density at radius 3 is 2.42 bits per heavy atom. The van der Waals surface area contributed by atoms with Gasteiger partial charge in [0.15, 0.2) is 0 Å². The van der Waals surface area contributed by atoms with Crippen molar-refractivity contribution in [3.8, 4) is 0 Å². The first kappa shape index (κ1) is 26.2. The maximum absolute atomic E-state index is 13.3. The number of hydrogen-bond donors (Lipinski definition) is 1. The molecule has 1 aromatic rings. The maximum atomic E-state index is 13.3. The van der Waals surface area contributed by atoms with Gasteiger partial charge in [-0.15, -0.1) is 13.2 Å². The van der Waals surface area contributed by atoms with Gasteiger partial charge in [-0.25, -0.2) is 9.80 Å². The van der Waals surface area contributed by atoms with E-state index in [1.165, 1.54) is 18.9 Å². The van der Waals surface area contributed by atoms with Crippen molar-refractivity contribution < 1.29 is 27.5 Å². The van der Waals surface area contributed by atoms with E-state index in [0.29, 0.717) is 5.69 Å². The Hall–Kier alpha value is -2.85. The van der Waals surface area contributed by atoms with Crippen LogP contribution in [0.5, 0.6) is 0 Å². The molecule has 0 fully saturated rings. The lowest BCUT2D eigenvalue weighted by atomic mass is 10.1. The Labute approximate surface area is 180 Å². The number of pyridine rings is 1. The summed E-state index contributed by atoms with van der Waals surface area (Å²) in [4.78, 5) is 30.6. The predicted molar refractivity (Wildman–Crippen MR) is 110 cm³/mol. The third-order valence-electron chi connectivity index (χ3n) is 4.23. The fourth-order valence-electron chi connectivity index (χ4n) is 2.62. The molecule has 1 N–H and O–H groups in total. The number of hydrazone groups is 1. The van der Waals surface area contributed by atoms with E-state index in [-0.39, 0.29) is 11.6 Å². The number of alkyl halides is 3. The van der Waals surface area contributed by atoms with E-state index < -0.39 is 42.4 Å². The summed E-state index contributed by atoms with van der Waals surface area (Å²) in [6, 6.07) is 4.69. The average Bonchev–Trinajstić information content (AvgIpc) is 2.67. The second kappa shape index (κ2) is 11.0. The van der Waals surface area contributed by atoms with Crippen LogP contribution in [0.2, 0.25) is 0 Å². The Morgan fingerprint density at radius 1 is 1.29 bits per heavy atom. The molecule has 1 aromatic heterocycles. The molecule has 0 aliphatic rings. The van der Waals surface area contributed by atoms with E-state index in [1.807, 2.05) is 0 Å². The summed E-state index contributed by atoms with van der Waals surface area (Å²) < 4.78 is 45.1. The lowest BCUT2D eigenvalue weighted by Crippen LogP contribution is -2.48. The molecule has 0 spiro atoms. The van der Waals surface area contributed by atoms with E-state index in [2.05, 4.69) is 15.4 Å². The predicted octanol–water partition coefficient (Wildman–Crippen LogP) is 3.57. The summed E-state index contributed by atoms with van der Waals surface area (Å²) in [5.74, 6) is -1.84. The van der Waals surface area contributed by atoms with Gasteiger partial charge in [0, 0.05) is 26.0 Å². The Bertz CT molecular complexity index is 751. The van der Waals surface area contributed by atoms with Gasteiger partial charge in [0.1, 0.15) is 5.60 Å². The first-order valence-corrected chi connectivity index (χ1v) is 9.73. The van der Waals surface area contributed by atoms with E-state index in [1.54, 1.807) is 52.1 Å². The minimum atomic E-state index is -4.79. The van der Waals surface area contributed by atoms with Crippen LogP contribution in [0, 0.1) is 5.92 Å². The van der Waals surface area contributed by atoms with Crippen molar-refractivity contribution in [1.82, 2.24) is 20.2 Å². The van der Waals surface area contributed by atoms with Gasteiger partial charge in [-0.1, -0.05) is 6.07 Å². The second-order valence-electron chi connectivity index (χ2n) is 7.88. The highest BCUT2D eigenvalue weighted by atomic mass is 19.4. The fourth-order valence-corrected chi connectivity index (χ4v) is 2.62. The molecule has 2 unspecified atom stereocenters. The van der Waals surface area contributed by atoms with Crippen molar-refractivity contribution in [2.45, 2.75) is 52.6 Å². The molecule has 0 saturated heterocycles. The molecule has 2 amide bonds. The van der Waals surface area contributed by atoms with Gasteiger partial charge in [-0.3, -0.25) is 9.78 Å². The first-order valence-electron chi connectivity index (χ1n) is 9.73. The van der Waals surface area contributed by atoms with Crippen molar-refractivity contribution in [2.75, 3.05) is 20.1 Å². The fraction of sp³-hybridized carbons (Fsp3) is 0.600. The Balaban J connectivity index is 3.06. The molecule has 0 radical (unpaired) electrons. The number of ether oxygens (including phenoxy) is 1. The number of nitrogens with zero attached hydrogens (tertiary/aromatic N) is 4. The van der Waals surface area contributed by atoms with Gasteiger partial charge >= 0.3 is 12.4 Å². The summed E-state index contributed by atoms with van der Waals surface area (Å²) in [6.45, 7) is 6.87. The molecule has 8 nitrogen and oxygen atoms in total. The molecule has 174 valence electrons. The molecule has 0 aromatic carbocycles. The Kier molecular flexibility index (Phi) is 9.26. The van der Waals surface area contributed by atoms with Crippen LogP contribution in [0.25, 0.3) is 0 Å². The largest absolute Gasteiger partial charge is 0.500 e. The summed E-state index contributed by atoms with van der Waals surface area (Å²) in [7, 11) is 1.48. The quantitative estimate of drug-likeness (QED) is 0.376. The topological polar surface area (TPSA) is 87.1 Å². The number of aromatic nitrogens is 1. The van der Waals surface area contributed by atoms with Gasteiger partial charge in [-0.2, -0.15) is 5.10 Å². The molecular formula is C20H30F3N5O3. The van der Waals surface area contributed by atoms with Gasteiger partial charge in [0.2, 0.25) is 5.91 Å². The molecule has 11 heteroatoms. The molecule has 1 rings (SSSR count). The van der Waals surface area contributed by atoms with Crippen LogP contribution in [0.15, 0.2) is 29.5 Å². The van der Waals surface area contributed by atoms with Gasteiger partial charge < -0.3 is 15.0 Å². The minimum absolute atomic E-state index is 0.133. The van der Waals surface area contributed by atoms with Crippen LogP contribution in [-0.4, -0.2) is 65.1 Å². The number of carbonyl (C=O) groups is 2. The van der Waals surface area contributed by atoms with Gasteiger partial charge in [0.05, 0.1) is 24.2 Å². The summed E-state index contributed by atoms with van der Waals surface area (Å²) >= 11 is 0. The van der Waals surface area contributed by atoms with Crippen LogP contribution in [0.3, 0.4) is 0 Å². The molecule has 31 heavy (non-hydrogen) atoms. The number of amides is 2. The average molecular weight is 445 g/mol. The summed E-state index contributed by atoms with van der Waals surface area (Å²) in [5.41, 5.74) is -0.213. The Morgan fingerprint density at radius 2 is 1.94 bits per heavy atom. The van der Waals surface area contributed by atoms with Crippen molar-refractivity contribution in [2.24, 2.45) is 11.0 Å². The lowest BCUT2D eigenvalue weighted by Gasteiger charge is -2.31. The number of carbonyl (C=O) groups excluding carboxylic acids is 2. The highest BCUT2D eigenvalue weighted by Gasteiger charge is 2.40. The summed E-state index contributed by atoms with van der Waals surface area (Å²) in [6.07, 6.45) is -3.07. The molecule has 0 aliphatic heterocycles. The smallest absolute Gasteiger partial charge is 0.444 e. The van der Waals surface area contributed by atoms with Crippen molar-refractivity contribution in [1.29, 1.82) is 0 Å². The third-order valence-corrected chi connectivity index (χ3v) is 4.23. The standard InChI is InChI=1S/C20H30F3N5O3/c1-7-26-28(20(21,22)23)13-15(12-25-18(30)31-19(3,4)5)17(29)27(6)14(2)16-10-8-9-11-24-16/h7-11,14-15H,12-13H2,1-6H3,(H,25,30)/b26-7-. The number of rotatable bonds is 8. The SMILES string of the molecule is C/C=N\N(CC(CNC(=O)OC(C)(C)C)C(=O)N(C)C(C)c1ccccn1)C(F)(F)F. The molecule has 0 saturated carbocycles. The van der Waals surface area contributed by atoms with E-state index >= 15 is 0 Å². The van der Waals surface area contributed by atoms with E-state index in [4.69, 9.17) is 4.74 Å². The monoisotopic (exact) mass is 445 g/mol. The molecule has 0 aliphatic carbocycles. The number of alkyl carbamates (subject to hydrolysis) is 1. The van der Waals surface area contributed by atoms with E-state index in [0.717, 1.165) is 6.21 Å². The van der Waals surface area contributed by atoms with Crippen LogP contribution in [0.1, 0.15) is 46.4 Å². The number of halogens is 3. The van der Waals surface area contributed by atoms with E-state index in [9.17, 15) is 22.8 Å². The molecule has 1 heterocycles. The maximum Gasteiger partial charge on any atom is 0.500 e. The number of nitrogens with one attached hydrogen (secondary N) is 1. The zero-order valence-electron chi connectivity index (χ0n) is 18.6. The van der Waals surface area contributed by atoms with Crippen molar-refractivity contribution >= 4 is 18.2 Å². The molecule has 0 bridgehead atoms. The first-order chi connectivity index (χ1) is 14.3. The number of hydrogen-bond acceptors (Lipinski definition) is 6. The van der Waals surface area contributed by atoms with Gasteiger partial charge in [-0.05, 0) is 46.8 Å². The molecular weight excluding hydrogens is 415 g/mol. The van der Waals surface area contributed by atoms with Crippen LogP contribution >= 0.6 is 0 Å². The second-order valence-corrected chi connectivity index (χ2v) is 7.88. The molecule has 2 atom stereocenters. The van der Waals surface area contributed by atoms with Crippen LogP contribution < -0.4 is 5.32 Å². The highest BCUT2D eigenvalue weighted by molar-refractivity contribution is 5.80. The highest BCUT2D eigenvalue weighted by Crippen LogP contribution is 2.25. The zero-order valence-corrected chi connectivity index (χ0v) is 18.6. The third kappa shape index (κ3) is 8.81. The minimum Gasteiger partial charge on any atom is -0.444 e. The van der Waals surface area contributed by atoms with Gasteiger partial charge in [0.25, 0.3) is 0 Å². The van der Waals surface area contributed by atoms with Crippen LogP contribution in [0.4, 0.5) is 18.0 Å². The van der Waals surface area contributed by atoms with Crippen molar-refractivity contribution in [3.05, 3.63) is 30.1 Å². The lowest BCUT2D eigenvalue weighted by molar-refractivity contribution is -0.248. The van der Waals surface area contributed by atoms with Crippen molar-refractivity contribution in [3.63, 3.8) is 0 Å². The zero-order chi connectivity index (χ0) is 23.8. The summed E-state index contributed by atoms with van der Waals surface area (Å²) in [5, 5.41) is 5.57.